The summed E-state index contributed by atoms with van der Waals surface area (Å²) in [5.74, 6) is 0.00321. The zero-order chi connectivity index (χ0) is 36.1. The van der Waals surface area contributed by atoms with Crippen molar-refractivity contribution >= 4 is 11.7 Å². The summed E-state index contributed by atoms with van der Waals surface area (Å²) in [6.07, 6.45) is 5.70. The van der Waals surface area contributed by atoms with E-state index in [2.05, 4.69) is 31.2 Å². The maximum Gasteiger partial charge on any atom is 0.335 e. The molecule has 14 heteroatoms. The number of nitrogens with zero attached hydrogens (tertiary/aromatic N) is 4. The van der Waals surface area contributed by atoms with Crippen molar-refractivity contribution in [2.24, 2.45) is 10.3 Å². The van der Waals surface area contributed by atoms with Crippen LogP contribution in [0.25, 0.3) is 0 Å². The van der Waals surface area contributed by atoms with E-state index in [-0.39, 0.29) is 18.2 Å². The Bertz CT molecular complexity index is 1450. The number of aryl methyl sites for hydroxylation is 2. The third-order valence-corrected chi connectivity index (χ3v) is 8.49. The molecule has 1 aliphatic rings. The number of rotatable bonds is 27. The number of carboxylic acid groups (broad SMARTS) is 1. The number of anilines is 1. The van der Waals surface area contributed by atoms with Crippen molar-refractivity contribution in [2.75, 3.05) is 77.7 Å². The van der Waals surface area contributed by atoms with Crippen LogP contribution in [0.3, 0.4) is 0 Å². The Morgan fingerprint density at radius 2 is 1.63 bits per heavy atom. The van der Waals surface area contributed by atoms with Gasteiger partial charge in [0.15, 0.2) is 0 Å². The smallest absolute Gasteiger partial charge is 0.335 e. The molecule has 0 amide bonds. The van der Waals surface area contributed by atoms with Crippen LogP contribution in [-0.4, -0.2) is 110 Å². The lowest BCUT2D eigenvalue weighted by Crippen LogP contribution is -2.29. The van der Waals surface area contributed by atoms with Crippen LogP contribution in [0.15, 0.2) is 52.8 Å². The highest BCUT2D eigenvalue weighted by molar-refractivity contribution is 5.88. The van der Waals surface area contributed by atoms with E-state index in [4.69, 9.17) is 24.1 Å². The second-order valence-electron chi connectivity index (χ2n) is 12.6. The van der Waals surface area contributed by atoms with Crippen molar-refractivity contribution in [3.8, 4) is 11.5 Å². The van der Waals surface area contributed by atoms with Gasteiger partial charge in [-0.3, -0.25) is 10.1 Å². The second kappa shape index (κ2) is 22.6. The Balaban J connectivity index is 0.927. The number of ether oxygens (including phenoxy) is 4. The number of aliphatic hydroxyl groups excluding tert-OH is 1. The number of aromatic nitrogens is 2. The van der Waals surface area contributed by atoms with Crippen molar-refractivity contribution in [3.63, 3.8) is 0 Å². The first-order valence-electron chi connectivity index (χ1n) is 18.0. The number of H-pyrrole nitrogens is 1. The predicted molar refractivity (Wildman–Crippen MR) is 195 cm³/mol. The fourth-order valence-corrected chi connectivity index (χ4v) is 5.57. The molecule has 14 nitrogen and oxygen atoms in total. The average molecular weight is 710 g/mol. The molecular formula is C37H55N7O7. The maximum absolute atomic E-state index is 11.6. The molecule has 1 aliphatic heterocycles. The first-order chi connectivity index (χ1) is 24.9. The highest BCUT2D eigenvalue weighted by Gasteiger charge is 2.18. The van der Waals surface area contributed by atoms with Crippen LogP contribution in [-0.2, 0) is 22.5 Å². The SMILES string of the molecule is Cc1n[nH]c(C)c1CCCOc1cc(OCCCCCCNCCOCCOCCN2CC(CNc3ccc(CO)cc3)N=N2)cc(C(=O)O)c1. The van der Waals surface area contributed by atoms with Gasteiger partial charge in [-0.2, -0.15) is 10.2 Å². The number of carboxylic acids is 1. The van der Waals surface area contributed by atoms with Crippen LogP contribution in [0, 0.1) is 13.8 Å². The molecule has 2 heterocycles. The van der Waals surface area contributed by atoms with Crippen LogP contribution in [0.1, 0.15) is 65.0 Å². The Morgan fingerprint density at radius 3 is 2.33 bits per heavy atom. The van der Waals surface area contributed by atoms with Crippen LogP contribution in [0.2, 0.25) is 0 Å². The molecule has 51 heavy (non-hydrogen) atoms. The van der Waals surface area contributed by atoms with Crippen molar-refractivity contribution in [1.29, 1.82) is 0 Å². The van der Waals surface area contributed by atoms with Gasteiger partial charge in [0.1, 0.15) is 17.5 Å². The number of benzene rings is 2. The van der Waals surface area contributed by atoms with E-state index in [1.165, 1.54) is 11.6 Å². The minimum atomic E-state index is -1.01. The number of nitrogens with one attached hydrogen (secondary N) is 3. The van der Waals surface area contributed by atoms with Crippen molar-refractivity contribution < 1.29 is 34.0 Å². The minimum absolute atomic E-state index is 0.0456. The molecular weight excluding hydrogens is 654 g/mol. The summed E-state index contributed by atoms with van der Waals surface area (Å²) in [7, 11) is 0. The fraction of sp³-hybridized carbons (Fsp3) is 0.568. The van der Waals surface area contributed by atoms with Crippen LogP contribution >= 0.6 is 0 Å². The first kappa shape index (κ1) is 39.5. The predicted octanol–water partition coefficient (Wildman–Crippen LogP) is 4.95. The van der Waals surface area contributed by atoms with E-state index in [9.17, 15) is 9.90 Å². The summed E-state index contributed by atoms with van der Waals surface area (Å²) in [6, 6.07) is 12.7. The van der Waals surface area contributed by atoms with Crippen molar-refractivity contribution in [2.45, 2.75) is 65.0 Å². The van der Waals surface area contributed by atoms with E-state index in [1.807, 2.05) is 43.1 Å². The third-order valence-electron chi connectivity index (χ3n) is 8.49. The number of hydrogen-bond donors (Lipinski definition) is 5. The molecule has 5 N–H and O–H groups in total. The highest BCUT2D eigenvalue weighted by atomic mass is 16.5. The molecule has 0 saturated carbocycles. The second-order valence-corrected chi connectivity index (χ2v) is 12.6. The summed E-state index contributed by atoms with van der Waals surface area (Å²) in [5.41, 5.74) is 5.31. The van der Waals surface area contributed by atoms with E-state index in [0.717, 1.165) is 80.8 Å². The summed E-state index contributed by atoms with van der Waals surface area (Å²) in [4.78, 5) is 11.6. The zero-order valence-electron chi connectivity index (χ0n) is 30.1. The van der Waals surface area contributed by atoms with Gasteiger partial charge in [0.05, 0.1) is 70.6 Å². The monoisotopic (exact) mass is 709 g/mol. The number of aliphatic hydroxyl groups is 1. The van der Waals surface area contributed by atoms with Gasteiger partial charge < -0.3 is 39.8 Å². The molecule has 4 rings (SSSR count). The van der Waals surface area contributed by atoms with E-state index < -0.39 is 5.97 Å². The van der Waals surface area contributed by atoms with Crippen LogP contribution in [0.5, 0.6) is 11.5 Å². The Morgan fingerprint density at radius 1 is 0.902 bits per heavy atom. The molecule has 3 aromatic rings. The topological polar surface area (TPSA) is 175 Å². The number of carbonyl (C=O) groups is 1. The average Bonchev–Trinajstić information content (AvgIpc) is 3.73. The van der Waals surface area contributed by atoms with Gasteiger partial charge in [0, 0.05) is 30.5 Å². The summed E-state index contributed by atoms with van der Waals surface area (Å²) < 4.78 is 23.1. The molecule has 0 aliphatic carbocycles. The summed E-state index contributed by atoms with van der Waals surface area (Å²) >= 11 is 0. The van der Waals surface area contributed by atoms with Crippen molar-refractivity contribution in [3.05, 3.63) is 70.5 Å². The lowest BCUT2D eigenvalue weighted by molar-refractivity contribution is 0.0406. The molecule has 280 valence electrons. The minimum Gasteiger partial charge on any atom is -0.493 e. The van der Waals surface area contributed by atoms with Crippen molar-refractivity contribution in [1.82, 2.24) is 20.5 Å². The molecule has 1 atom stereocenters. The number of aromatic carboxylic acids is 1. The molecule has 2 aromatic carbocycles. The maximum atomic E-state index is 11.6. The zero-order valence-corrected chi connectivity index (χ0v) is 30.1. The molecule has 1 aromatic heterocycles. The van der Waals surface area contributed by atoms with E-state index in [0.29, 0.717) is 64.2 Å². The molecule has 0 fully saturated rings. The van der Waals surface area contributed by atoms with E-state index >= 15 is 0 Å². The molecule has 1 unspecified atom stereocenters. The van der Waals surface area contributed by atoms with Crippen LogP contribution < -0.4 is 20.1 Å². The van der Waals surface area contributed by atoms with Gasteiger partial charge in [0.25, 0.3) is 0 Å². The van der Waals surface area contributed by atoms with E-state index in [1.54, 1.807) is 12.1 Å². The highest BCUT2D eigenvalue weighted by Crippen LogP contribution is 2.24. The Kier molecular flexibility index (Phi) is 17.5. The first-order valence-corrected chi connectivity index (χ1v) is 18.0. The summed E-state index contributed by atoms with van der Waals surface area (Å²) in [6.45, 7) is 11.2. The Labute approximate surface area is 300 Å². The Hall–Kier alpha value is -4.24. The quantitative estimate of drug-likeness (QED) is 0.0678. The number of aromatic amines is 1. The van der Waals surface area contributed by atoms with Gasteiger partial charge >= 0.3 is 5.97 Å². The lowest BCUT2D eigenvalue weighted by Gasteiger charge is -2.15. The van der Waals surface area contributed by atoms with Crippen LogP contribution in [0.4, 0.5) is 5.69 Å². The lowest BCUT2D eigenvalue weighted by atomic mass is 10.1. The van der Waals surface area contributed by atoms with Gasteiger partial charge in [-0.25, -0.2) is 4.79 Å². The number of hydrogen-bond acceptors (Lipinski definition) is 12. The normalized spacial score (nSPS) is 13.9. The van der Waals surface area contributed by atoms with Gasteiger partial charge in [-0.1, -0.05) is 30.2 Å². The standard InChI is InChI=1S/C37H55N7O7/c1-28-36(29(2)41-40-28)8-7-17-51-35-23-31(37(46)47)22-34(24-35)50-16-6-4-3-5-13-38-14-18-48-20-21-49-19-15-44-26-33(42-43-44)25-39-32-11-9-30(27-45)10-12-32/h9-12,22-24,33,38-39,45H,3-8,13-21,25-27H2,1-2H3,(H,40,41)(H,46,47). The largest absolute Gasteiger partial charge is 0.493 e. The van der Waals surface area contributed by atoms with Gasteiger partial charge in [-0.15, -0.1) is 0 Å². The van der Waals surface area contributed by atoms with Gasteiger partial charge in [-0.05, 0) is 81.5 Å². The van der Waals surface area contributed by atoms with Gasteiger partial charge in [0.2, 0.25) is 0 Å². The third kappa shape index (κ3) is 14.9. The molecule has 0 radical (unpaired) electrons. The summed E-state index contributed by atoms with van der Waals surface area (Å²) in [5, 5.41) is 43.2. The number of unbranched alkanes of at least 4 members (excludes halogenated alkanes) is 3. The molecule has 0 bridgehead atoms. The molecule has 0 spiro atoms. The fourth-order valence-electron chi connectivity index (χ4n) is 5.57. The molecule has 0 saturated heterocycles.